The molecule has 0 aliphatic carbocycles. The second kappa shape index (κ2) is 8.15. The van der Waals surface area contributed by atoms with Gasteiger partial charge in [-0.1, -0.05) is 45.9 Å². The van der Waals surface area contributed by atoms with Crippen LogP contribution in [0.1, 0.15) is 45.6 Å². The number of hydrogen-bond acceptors (Lipinski definition) is 2. The Bertz CT molecular complexity index is 336. The van der Waals surface area contributed by atoms with Crippen molar-refractivity contribution in [1.29, 1.82) is 0 Å². The van der Waals surface area contributed by atoms with Gasteiger partial charge in [-0.05, 0) is 36.4 Å². The van der Waals surface area contributed by atoms with E-state index < -0.39 is 0 Å². The van der Waals surface area contributed by atoms with E-state index in [4.69, 9.17) is 4.74 Å². The average Bonchev–Trinajstić information content (AvgIpc) is 2.37. The summed E-state index contributed by atoms with van der Waals surface area (Å²) in [5.74, 6) is 2.29. The Hall–Kier alpha value is -1.02. The summed E-state index contributed by atoms with van der Waals surface area (Å²) in [5, 5.41) is 3.39. The maximum atomic E-state index is 5.88. The summed E-state index contributed by atoms with van der Waals surface area (Å²) in [6.07, 6.45) is 1.14. The highest BCUT2D eigenvalue weighted by Crippen LogP contribution is 2.28. The van der Waals surface area contributed by atoms with Crippen molar-refractivity contribution in [2.24, 2.45) is 5.92 Å². The molecule has 1 aromatic carbocycles. The molecule has 0 fully saturated rings. The molecular formula is C16H27NO. The van der Waals surface area contributed by atoms with Crippen LogP contribution in [0, 0.1) is 5.92 Å². The molecule has 0 aliphatic rings. The van der Waals surface area contributed by atoms with Gasteiger partial charge in [0.15, 0.2) is 0 Å². The van der Waals surface area contributed by atoms with Crippen LogP contribution >= 0.6 is 0 Å². The minimum Gasteiger partial charge on any atom is -0.492 e. The van der Waals surface area contributed by atoms with E-state index in [0.717, 1.165) is 31.9 Å². The molecule has 0 saturated heterocycles. The summed E-state index contributed by atoms with van der Waals surface area (Å²) < 4.78 is 5.88. The third kappa shape index (κ3) is 5.09. The summed E-state index contributed by atoms with van der Waals surface area (Å²) in [6.45, 7) is 11.6. The van der Waals surface area contributed by atoms with Crippen LogP contribution < -0.4 is 10.1 Å². The van der Waals surface area contributed by atoms with Crippen LogP contribution in [0.4, 0.5) is 0 Å². The fourth-order valence-electron chi connectivity index (χ4n) is 1.86. The van der Waals surface area contributed by atoms with Crippen molar-refractivity contribution in [3.63, 3.8) is 0 Å². The molecule has 1 aromatic rings. The first-order valence-corrected chi connectivity index (χ1v) is 7.07. The lowest BCUT2D eigenvalue weighted by Gasteiger charge is -2.16. The molecule has 1 unspecified atom stereocenters. The summed E-state index contributed by atoms with van der Waals surface area (Å²) >= 11 is 0. The second-order valence-corrected chi connectivity index (χ2v) is 5.29. The van der Waals surface area contributed by atoms with Crippen LogP contribution in [0.2, 0.25) is 0 Å². The van der Waals surface area contributed by atoms with E-state index in [-0.39, 0.29) is 0 Å². The van der Waals surface area contributed by atoms with Gasteiger partial charge in [0.2, 0.25) is 0 Å². The molecule has 1 N–H and O–H groups in total. The molecule has 0 heterocycles. The highest BCUT2D eigenvalue weighted by molar-refractivity contribution is 5.35. The van der Waals surface area contributed by atoms with Gasteiger partial charge in [0.25, 0.3) is 0 Å². The fourth-order valence-corrected chi connectivity index (χ4v) is 1.86. The minimum atomic E-state index is 0.560. The van der Waals surface area contributed by atoms with Crippen molar-refractivity contribution in [3.8, 4) is 5.75 Å². The summed E-state index contributed by atoms with van der Waals surface area (Å²) in [4.78, 5) is 0. The van der Waals surface area contributed by atoms with E-state index in [0.29, 0.717) is 11.8 Å². The van der Waals surface area contributed by atoms with Gasteiger partial charge >= 0.3 is 0 Å². The summed E-state index contributed by atoms with van der Waals surface area (Å²) in [5.41, 5.74) is 1.32. The molecule has 0 spiro atoms. The Kier molecular flexibility index (Phi) is 6.81. The maximum absolute atomic E-state index is 5.88. The van der Waals surface area contributed by atoms with Gasteiger partial charge in [0.1, 0.15) is 12.4 Å². The first kappa shape index (κ1) is 15.0. The van der Waals surface area contributed by atoms with Crippen LogP contribution in [0.15, 0.2) is 24.3 Å². The van der Waals surface area contributed by atoms with Crippen molar-refractivity contribution < 1.29 is 4.74 Å². The molecule has 18 heavy (non-hydrogen) atoms. The third-order valence-corrected chi connectivity index (χ3v) is 3.15. The first-order valence-electron chi connectivity index (χ1n) is 7.07. The van der Waals surface area contributed by atoms with Crippen LogP contribution in [-0.4, -0.2) is 19.7 Å². The SMILES string of the molecule is CCC(C)c1ccccc1OCCNCC(C)C. The molecule has 1 atom stereocenters. The molecule has 0 aromatic heterocycles. The molecule has 0 amide bonds. The second-order valence-electron chi connectivity index (χ2n) is 5.29. The van der Waals surface area contributed by atoms with Crippen molar-refractivity contribution in [2.75, 3.05) is 19.7 Å². The molecule has 2 nitrogen and oxygen atoms in total. The molecule has 102 valence electrons. The van der Waals surface area contributed by atoms with Crippen LogP contribution in [0.25, 0.3) is 0 Å². The standard InChI is InChI=1S/C16H27NO/c1-5-14(4)15-8-6-7-9-16(15)18-11-10-17-12-13(2)3/h6-9,13-14,17H,5,10-12H2,1-4H3. The highest BCUT2D eigenvalue weighted by atomic mass is 16.5. The molecule has 2 heteroatoms. The highest BCUT2D eigenvalue weighted by Gasteiger charge is 2.08. The quantitative estimate of drug-likeness (QED) is 0.707. The molecule has 0 saturated carbocycles. The largest absolute Gasteiger partial charge is 0.492 e. The Labute approximate surface area is 112 Å². The minimum absolute atomic E-state index is 0.560. The van der Waals surface area contributed by atoms with E-state index >= 15 is 0 Å². The van der Waals surface area contributed by atoms with E-state index in [2.05, 4.69) is 51.2 Å². The molecule has 0 aliphatic heterocycles. The van der Waals surface area contributed by atoms with E-state index in [1.807, 2.05) is 6.07 Å². The average molecular weight is 249 g/mol. The zero-order chi connectivity index (χ0) is 13.4. The van der Waals surface area contributed by atoms with Crippen molar-refractivity contribution >= 4 is 0 Å². The molecule has 0 radical (unpaired) electrons. The number of hydrogen-bond donors (Lipinski definition) is 1. The lowest BCUT2D eigenvalue weighted by molar-refractivity contribution is 0.306. The van der Waals surface area contributed by atoms with Gasteiger partial charge in [-0.25, -0.2) is 0 Å². The van der Waals surface area contributed by atoms with Gasteiger partial charge in [-0.3, -0.25) is 0 Å². The predicted octanol–water partition coefficient (Wildman–Crippen LogP) is 3.82. The van der Waals surface area contributed by atoms with E-state index in [1.54, 1.807) is 0 Å². The van der Waals surface area contributed by atoms with Gasteiger partial charge in [0, 0.05) is 6.54 Å². The third-order valence-electron chi connectivity index (χ3n) is 3.15. The van der Waals surface area contributed by atoms with Gasteiger partial charge in [-0.2, -0.15) is 0 Å². The van der Waals surface area contributed by atoms with Crippen LogP contribution in [0.5, 0.6) is 5.75 Å². The maximum Gasteiger partial charge on any atom is 0.122 e. The van der Waals surface area contributed by atoms with Gasteiger partial charge in [-0.15, -0.1) is 0 Å². The zero-order valence-electron chi connectivity index (χ0n) is 12.2. The van der Waals surface area contributed by atoms with Crippen LogP contribution in [-0.2, 0) is 0 Å². The Morgan fingerprint density at radius 2 is 1.89 bits per heavy atom. The van der Waals surface area contributed by atoms with Crippen molar-refractivity contribution in [3.05, 3.63) is 29.8 Å². The number of ether oxygens (including phenoxy) is 1. The summed E-state index contributed by atoms with van der Waals surface area (Å²) in [6, 6.07) is 8.38. The van der Waals surface area contributed by atoms with Gasteiger partial charge in [0.05, 0.1) is 0 Å². The Balaban J connectivity index is 2.42. The lowest BCUT2D eigenvalue weighted by Crippen LogP contribution is -2.25. The number of rotatable bonds is 8. The zero-order valence-corrected chi connectivity index (χ0v) is 12.2. The molecule has 0 bridgehead atoms. The fraction of sp³-hybridized carbons (Fsp3) is 0.625. The Morgan fingerprint density at radius 3 is 2.56 bits per heavy atom. The topological polar surface area (TPSA) is 21.3 Å². The lowest BCUT2D eigenvalue weighted by atomic mass is 9.98. The smallest absolute Gasteiger partial charge is 0.122 e. The number of nitrogens with one attached hydrogen (secondary N) is 1. The van der Waals surface area contributed by atoms with E-state index in [9.17, 15) is 0 Å². The monoisotopic (exact) mass is 249 g/mol. The number of benzene rings is 1. The Morgan fingerprint density at radius 1 is 1.17 bits per heavy atom. The molecular weight excluding hydrogens is 222 g/mol. The normalized spacial score (nSPS) is 12.7. The van der Waals surface area contributed by atoms with Crippen LogP contribution in [0.3, 0.4) is 0 Å². The number of para-hydroxylation sites is 1. The van der Waals surface area contributed by atoms with E-state index in [1.165, 1.54) is 5.56 Å². The van der Waals surface area contributed by atoms with Crippen molar-refractivity contribution in [1.82, 2.24) is 5.32 Å². The van der Waals surface area contributed by atoms with Crippen molar-refractivity contribution in [2.45, 2.75) is 40.0 Å². The van der Waals surface area contributed by atoms with Gasteiger partial charge < -0.3 is 10.1 Å². The predicted molar refractivity (Wildman–Crippen MR) is 78.4 cm³/mol. The molecule has 1 rings (SSSR count). The summed E-state index contributed by atoms with van der Waals surface area (Å²) in [7, 11) is 0. The first-order chi connectivity index (χ1) is 8.65.